The van der Waals surface area contributed by atoms with Crippen LogP contribution in [0.2, 0.25) is 0 Å². The Labute approximate surface area is 81.7 Å². The maximum Gasteiger partial charge on any atom is 0.504 e. The van der Waals surface area contributed by atoms with Crippen molar-refractivity contribution in [3.8, 4) is 0 Å². The van der Waals surface area contributed by atoms with E-state index in [4.69, 9.17) is 4.52 Å². The highest BCUT2D eigenvalue weighted by Gasteiger charge is 2.03. The van der Waals surface area contributed by atoms with Crippen LogP contribution in [0.5, 0.6) is 0 Å². The van der Waals surface area contributed by atoms with E-state index in [0.29, 0.717) is 6.61 Å². The lowest BCUT2D eigenvalue weighted by Gasteiger charge is -1.84. The van der Waals surface area contributed by atoms with Gasteiger partial charge in [0.15, 0.2) is 13.3 Å². The SMILES string of the molecule is CCCCO[P+](C)=O.CO[P+](C)=O. The van der Waals surface area contributed by atoms with E-state index in [9.17, 15) is 9.13 Å². The fraction of sp³-hybridized carbons (Fsp3) is 1.00. The van der Waals surface area contributed by atoms with Gasteiger partial charge in [-0.2, -0.15) is 0 Å². The molecule has 0 fully saturated rings. The molecule has 0 heterocycles. The predicted octanol–water partition coefficient (Wildman–Crippen LogP) is 3.18. The van der Waals surface area contributed by atoms with Crippen LogP contribution in [0.15, 0.2) is 0 Å². The van der Waals surface area contributed by atoms with Gasteiger partial charge in [0, 0.05) is 0 Å². The molecule has 0 saturated heterocycles. The molecule has 78 valence electrons. The summed E-state index contributed by atoms with van der Waals surface area (Å²) in [7, 11) is -1.29. The minimum Gasteiger partial charge on any atom is -0.150 e. The van der Waals surface area contributed by atoms with Gasteiger partial charge in [-0.05, 0) is 15.6 Å². The van der Waals surface area contributed by atoms with E-state index < -0.39 is 16.1 Å². The van der Waals surface area contributed by atoms with E-state index in [1.807, 2.05) is 0 Å². The lowest BCUT2D eigenvalue weighted by Crippen LogP contribution is -1.82. The Balaban J connectivity index is 0. The van der Waals surface area contributed by atoms with Crippen molar-refractivity contribution in [2.75, 3.05) is 27.0 Å². The monoisotopic (exact) mass is 228 g/mol. The number of unbranched alkanes of at least 4 members (excludes halogenated alkanes) is 1. The van der Waals surface area contributed by atoms with Crippen molar-refractivity contribution in [1.29, 1.82) is 0 Å². The van der Waals surface area contributed by atoms with Gasteiger partial charge in [0.25, 0.3) is 0 Å². The topological polar surface area (TPSA) is 52.6 Å². The summed E-state index contributed by atoms with van der Waals surface area (Å²) >= 11 is 0. The Bertz CT molecular complexity index is 149. The minimum absolute atomic E-state index is 0.641. The van der Waals surface area contributed by atoms with Gasteiger partial charge in [0.05, 0.1) is 7.11 Å². The first-order chi connectivity index (χ1) is 6.04. The van der Waals surface area contributed by atoms with E-state index >= 15 is 0 Å². The van der Waals surface area contributed by atoms with Gasteiger partial charge in [-0.3, -0.25) is 0 Å². The quantitative estimate of drug-likeness (QED) is 0.535. The van der Waals surface area contributed by atoms with Crippen LogP contribution in [0.25, 0.3) is 0 Å². The van der Waals surface area contributed by atoms with Gasteiger partial charge >= 0.3 is 16.1 Å². The van der Waals surface area contributed by atoms with Crippen LogP contribution in [0.1, 0.15) is 19.8 Å². The first-order valence-electron chi connectivity index (χ1n) is 4.03. The van der Waals surface area contributed by atoms with Crippen molar-refractivity contribution in [2.45, 2.75) is 19.8 Å². The van der Waals surface area contributed by atoms with Crippen LogP contribution in [-0.2, 0) is 18.2 Å². The second-order valence-corrected chi connectivity index (χ2v) is 4.63. The Morgan fingerprint density at radius 3 is 1.85 bits per heavy atom. The van der Waals surface area contributed by atoms with Gasteiger partial charge in [-0.1, -0.05) is 13.3 Å². The molecule has 0 aliphatic carbocycles. The van der Waals surface area contributed by atoms with Crippen LogP contribution >= 0.6 is 16.1 Å². The molecule has 2 unspecified atom stereocenters. The molecule has 13 heavy (non-hydrogen) atoms. The summed E-state index contributed by atoms with van der Waals surface area (Å²) in [6.45, 7) is 5.80. The molecule has 0 aromatic heterocycles. The zero-order valence-electron chi connectivity index (χ0n) is 8.65. The summed E-state index contributed by atoms with van der Waals surface area (Å²) in [5.41, 5.74) is 0. The van der Waals surface area contributed by atoms with E-state index in [1.165, 1.54) is 13.8 Å². The zero-order valence-corrected chi connectivity index (χ0v) is 10.4. The van der Waals surface area contributed by atoms with Crippen molar-refractivity contribution >= 4 is 16.1 Å². The molecule has 0 rings (SSSR count). The summed E-state index contributed by atoms with van der Waals surface area (Å²) < 4.78 is 29.0. The minimum atomic E-state index is -1.36. The summed E-state index contributed by atoms with van der Waals surface area (Å²) in [4.78, 5) is 0. The lowest BCUT2D eigenvalue weighted by molar-refractivity contribution is 0.324. The van der Waals surface area contributed by atoms with Crippen molar-refractivity contribution in [2.24, 2.45) is 0 Å². The van der Waals surface area contributed by atoms with Crippen LogP contribution in [0.4, 0.5) is 0 Å². The predicted molar refractivity (Wildman–Crippen MR) is 54.9 cm³/mol. The second kappa shape index (κ2) is 12.1. The van der Waals surface area contributed by atoms with Crippen LogP contribution in [0, 0.1) is 0 Å². The van der Waals surface area contributed by atoms with Crippen molar-refractivity contribution in [3.63, 3.8) is 0 Å². The maximum absolute atomic E-state index is 10.2. The molecule has 0 amide bonds. The van der Waals surface area contributed by atoms with Crippen molar-refractivity contribution < 1.29 is 18.2 Å². The highest BCUT2D eigenvalue weighted by Crippen LogP contribution is 2.14. The van der Waals surface area contributed by atoms with Gasteiger partial charge in [0.2, 0.25) is 0 Å². The second-order valence-electron chi connectivity index (χ2n) is 2.25. The molecule has 0 radical (unpaired) electrons. The Kier molecular flexibility index (Phi) is 14.5. The maximum atomic E-state index is 10.2. The van der Waals surface area contributed by atoms with Crippen LogP contribution in [0.3, 0.4) is 0 Å². The van der Waals surface area contributed by atoms with Gasteiger partial charge in [-0.25, -0.2) is 0 Å². The molecule has 0 aliphatic rings. The first-order valence-corrected chi connectivity index (χ1v) is 7.28. The third kappa shape index (κ3) is 24.5. The highest BCUT2D eigenvalue weighted by molar-refractivity contribution is 7.38. The lowest BCUT2D eigenvalue weighted by atomic mass is 10.4. The Morgan fingerprint density at radius 1 is 1.15 bits per heavy atom. The van der Waals surface area contributed by atoms with E-state index in [1.54, 1.807) is 6.66 Å². The largest absolute Gasteiger partial charge is 0.504 e. The van der Waals surface area contributed by atoms with Gasteiger partial charge in [0.1, 0.15) is 6.61 Å². The molecular weight excluding hydrogens is 210 g/mol. The summed E-state index contributed by atoms with van der Waals surface area (Å²) in [5, 5.41) is 0. The molecule has 6 heteroatoms. The molecule has 0 aromatic rings. The number of rotatable bonds is 5. The standard InChI is InChI=1S/C5H12O2P.C2H6O2P/c1-3-4-5-7-8(2)6;1-4-5(2)3/h3-5H2,1-2H3;1-2H3/q2*+1. The molecule has 2 atom stereocenters. The van der Waals surface area contributed by atoms with E-state index in [2.05, 4.69) is 11.4 Å². The van der Waals surface area contributed by atoms with Crippen molar-refractivity contribution in [1.82, 2.24) is 0 Å². The molecule has 0 N–H and O–H groups in total. The third-order valence-corrected chi connectivity index (χ3v) is 2.09. The molecule has 0 saturated carbocycles. The van der Waals surface area contributed by atoms with Crippen LogP contribution < -0.4 is 0 Å². The molecule has 0 spiro atoms. The fourth-order valence-corrected chi connectivity index (χ4v) is 0.724. The summed E-state index contributed by atoms with van der Waals surface area (Å²) in [6, 6.07) is 0. The average Bonchev–Trinajstić information content (AvgIpc) is 2.05. The normalized spacial score (nSPS) is 11.4. The number of hydrogen-bond acceptors (Lipinski definition) is 4. The fourth-order valence-electron chi connectivity index (χ4n) is 0.337. The Morgan fingerprint density at radius 2 is 1.62 bits per heavy atom. The molecule has 0 bridgehead atoms. The zero-order chi connectivity index (χ0) is 10.7. The third-order valence-electron chi connectivity index (χ3n) is 1.03. The van der Waals surface area contributed by atoms with E-state index in [-0.39, 0.29) is 0 Å². The van der Waals surface area contributed by atoms with Gasteiger partial charge < -0.3 is 0 Å². The summed E-state index contributed by atoms with van der Waals surface area (Å²) in [6.07, 6.45) is 2.11. The average molecular weight is 228 g/mol. The highest BCUT2D eigenvalue weighted by atomic mass is 31.1. The molecular formula is C7H18O4P2+2. The van der Waals surface area contributed by atoms with E-state index in [0.717, 1.165) is 12.8 Å². The van der Waals surface area contributed by atoms with Gasteiger partial charge in [-0.15, -0.1) is 9.05 Å². The molecule has 0 aromatic carbocycles. The first kappa shape index (κ1) is 15.6. The van der Waals surface area contributed by atoms with Crippen LogP contribution in [-0.4, -0.2) is 27.0 Å². The Hall–Kier alpha value is 0.120. The van der Waals surface area contributed by atoms with Crippen molar-refractivity contribution in [3.05, 3.63) is 0 Å². The molecule has 4 nitrogen and oxygen atoms in total. The smallest absolute Gasteiger partial charge is 0.150 e. The molecule has 0 aliphatic heterocycles. The summed E-state index contributed by atoms with van der Waals surface area (Å²) in [5.74, 6) is 0. The number of hydrogen-bond donors (Lipinski definition) is 0.